The summed E-state index contributed by atoms with van der Waals surface area (Å²) in [6, 6.07) is 8.54. The highest BCUT2D eigenvalue weighted by molar-refractivity contribution is 5.59. The summed E-state index contributed by atoms with van der Waals surface area (Å²) in [6.07, 6.45) is 6.31. The maximum Gasteiger partial charge on any atom is 0.0609 e. The molecular weight excluding hydrogens is 172 g/mol. The number of aliphatic hydroxyl groups excluding tert-OH is 1. The lowest BCUT2D eigenvalue weighted by atomic mass is 9.81. The van der Waals surface area contributed by atoms with E-state index in [4.69, 9.17) is 0 Å². The number of aliphatic hydroxyl groups is 1. The van der Waals surface area contributed by atoms with Crippen molar-refractivity contribution in [1.82, 2.24) is 0 Å². The number of hydrogen-bond donors (Lipinski definition) is 1. The van der Waals surface area contributed by atoms with Crippen LogP contribution in [0.3, 0.4) is 0 Å². The molecule has 3 rings (SSSR count). The zero-order valence-corrected chi connectivity index (χ0v) is 8.06. The molecule has 0 aromatic heterocycles. The summed E-state index contributed by atoms with van der Waals surface area (Å²) >= 11 is 0. The van der Waals surface area contributed by atoms with E-state index in [-0.39, 0.29) is 6.10 Å². The molecule has 72 valence electrons. The molecule has 3 atom stereocenters. The van der Waals surface area contributed by atoms with E-state index in [9.17, 15) is 5.11 Å². The molecule has 1 saturated carbocycles. The Morgan fingerprint density at radius 3 is 2.93 bits per heavy atom. The Bertz CT molecular complexity index is 381. The summed E-state index contributed by atoms with van der Waals surface area (Å²) < 4.78 is 0. The molecule has 0 saturated heterocycles. The largest absolute Gasteiger partial charge is 0.392 e. The van der Waals surface area contributed by atoms with Crippen molar-refractivity contribution in [3.05, 3.63) is 41.5 Å². The summed E-state index contributed by atoms with van der Waals surface area (Å²) in [5.41, 5.74) is 2.76. The van der Waals surface area contributed by atoms with Gasteiger partial charge in [-0.2, -0.15) is 0 Å². The standard InChI is InChI=1S/C13H14O/c14-13-8-7-11-10-4-2-1-3-9(10)5-6-12(11)13/h1-6,11-14H,7-8H2. The van der Waals surface area contributed by atoms with Crippen molar-refractivity contribution >= 4 is 6.08 Å². The number of hydrogen-bond acceptors (Lipinski definition) is 1. The van der Waals surface area contributed by atoms with Crippen LogP contribution in [0.1, 0.15) is 29.9 Å². The summed E-state index contributed by atoms with van der Waals surface area (Å²) in [4.78, 5) is 0. The second kappa shape index (κ2) is 2.96. The third kappa shape index (κ3) is 1.05. The van der Waals surface area contributed by atoms with E-state index in [0.29, 0.717) is 11.8 Å². The fraction of sp³-hybridized carbons (Fsp3) is 0.385. The predicted molar refractivity (Wildman–Crippen MR) is 56.9 cm³/mol. The van der Waals surface area contributed by atoms with Gasteiger partial charge in [-0.1, -0.05) is 36.4 Å². The van der Waals surface area contributed by atoms with E-state index in [2.05, 4.69) is 36.4 Å². The minimum absolute atomic E-state index is 0.121. The molecule has 0 amide bonds. The first kappa shape index (κ1) is 8.25. The van der Waals surface area contributed by atoms with Gasteiger partial charge >= 0.3 is 0 Å². The zero-order chi connectivity index (χ0) is 9.54. The number of rotatable bonds is 0. The smallest absolute Gasteiger partial charge is 0.0609 e. The predicted octanol–water partition coefficient (Wildman–Crippen LogP) is 2.57. The Hall–Kier alpha value is -1.08. The van der Waals surface area contributed by atoms with Crippen molar-refractivity contribution in [2.45, 2.75) is 24.9 Å². The monoisotopic (exact) mass is 186 g/mol. The highest BCUT2D eigenvalue weighted by atomic mass is 16.3. The van der Waals surface area contributed by atoms with Crippen LogP contribution in [-0.4, -0.2) is 11.2 Å². The molecule has 0 radical (unpaired) electrons. The fourth-order valence-electron chi connectivity index (χ4n) is 2.84. The summed E-state index contributed by atoms with van der Waals surface area (Å²) in [6.45, 7) is 0. The van der Waals surface area contributed by atoms with Gasteiger partial charge in [0.15, 0.2) is 0 Å². The van der Waals surface area contributed by atoms with Crippen LogP contribution >= 0.6 is 0 Å². The molecule has 14 heavy (non-hydrogen) atoms. The van der Waals surface area contributed by atoms with Crippen molar-refractivity contribution in [3.8, 4) is 0 Å². The van der Waals surface area contributed by atoms with Crippen molar-refractivity contribution in [3.63, 3.8) is 0 Å². The van der Waals surface area contributed by atoms with Gasteiger partial charge in [0.2, 0.25) is 0 Å². The lowest BCUT2D eigenvalue weighted by Gasteiger charge is -2.24. The van der Waals surface area contributed by atoms with Crippen LogP contribution in [-0.2, 0) is 0 Å². The van der Waals surface area contributed by atoms with E-state index < -0.39 is 0 Å². The molecule has 1 N–H and O–H groups in total. The van der Waals surface area contributed by atoms with Gasteiger partial charge in [0.05, 0.1) is 6.10 Å². The Morgan fingerprint density at radius 1 is 1.14 bits per heavy atom. The summed E-state index contributed by atoms with van der Waals surface area (Å²) in [5.74, 6) is 0.927. The lowest BCUT2D eigenvalue weighted by molar-refractivity contribution is 0.149. The van der Waals surface area contributed by atoms with E-state index in [1.807, 2.05) is 0 Å². The van der Waals surface area contributed by atoms with Crippen LogP contribution in [0.4, 0.5) is 0 Å². The van der Waals surface area contributed by atoms with Gasteiger partial charge in [-0.25, -0.2) is 0 Å². The van der Waals surface area contributed by atoms with Gasteiger partial charge < -0.3 is 5.11 Å². The van der Waals surface area contributed by atoms with E-state index >= 15 is 0 Å². The molecule has 0 heterocycles. The summed E-state index contributed by atoms with van der Waals surface area (Å²) in [5, 5.41) is 9.80. The minimum Gasteiger partial charge on any atom is -0.392 e. The maximum absolute atomic E-state index is 9.80. The zero-order valence-electron chi connectivity index (χ0n) is 8.06. The van der Waals surface area contributed by atoms with Gasteiger partial charge in [0.1, 0.15) is 0 Å². The van der Waals surface area contributed by atoms with Crippen molar-refractivity contribution in [2.75, 3.05) is 0 Å². The molecule has 1 nitrogen and oxygen atoms in total. The molecule has 0 bridgehead atoms. The first-order valence-corrected chi connectivity index (χ1v) is 5.31. The van der Waals surface area contributed by atoms with Gasteiger partial charge in [-0.05, 0) is 29.9 Å². The average molecular weight is 186 g/mol. The SMILES string of the molecule is OC1CCC2c3ccccc3C=CC12. The lowest BCUT2D eigenvalue weighted by Crippen LogP contribution is -2.18. The molecule has 2 aliphatic rings. The van der Waals surface area contributed by atoms with Crippen molar-refractivity contribution in [1.29, 1.82) is 0 Å². The van der Waals surface area contributed by atoms with Crippen LogP contribution < -0.4 is 0 Å². The molecule has 1 heteroatoms. The normalized spacial score (nSPS) is 33.9. The minimum atomic E-state index is -0.121. The van der Waals surface area contributed by atoms with E-state index in [1.54, 1.807) is 0 Å². The van der Waals surface area contributed by atoms with Gasteiger partial charge in [0, 0.05) is 5.92 Å². The Morgan fingerprint density at radius 2 is 2.00 bits per heavy atom. The van der Waals surface area contributed by atoms with Crippen LogP contribution in [0, 0.1) is 5.92 Å². The van der Waals surface area contributed by atoms with Crippen LogP contribution in [0.5, 0.6) is 0 Å². The first-order valence-electron chi connectivity index (χ1n) is 5.31. The molecular formula is C13H14O. The average Bonchev–Trinajstić information content (AvgIpc) is 2.61. The second-order valence-corrected chi connectivity index (χ2v) is 4.32. The molecule has 1 fully saturated rings. The molecule has 1 aromatic carbocycles. The topological polar surface area (TPSA) is 20.2 Å². The van der Waals surface area contributed by atoms with Crippen LogP contribution in [0.2, 0.25) is 0 Å². The second-order valence-electron chi connectivity index (χ2n) is 4.32. The Balaban J connectivity index is 2.09. The molecule has 1 aromatic rings. The third-order valence-corrected chi connectivity index (χ3v) is 3.58. The highest BCUT2D eigenvalue weighted by Crippen LogP contribution is 2.44. The number of benzene rings is 1. The number of fused-ring (bicyclic) bond motifs is 3. The van der Waals surface area contributed by atoms with Gasteiger partial charge in [0.25, 0.3) is 0 Å². The Labute approximate surface area is 84.1 Å². The van der Waals surface area contributed by atoms with E-state index in [0.717, 1.165) is 12.8 Å². The Kier molecular flexibility index (Phi) is 1.74. The molecule has 0 aliphatic heterocycles. The molecule has 0 spiro atoms. The van der Waals surface area contributed by atoms with Crippen LogP contribution in [0.15, 0.2) is 30.3 Å². The fourth-order valence-corrected chi connectivity index (χ4v) is 2.84. The first-order chi connectivity index (χ1) is 6.86. The third-order valence-electron chi connectivity index (χ3n) is 3.58. The van der Waals surface area contributed by atoms with Gasteiger partial charge in [-0.3, -0.25) is 0 Å². The highest BCUT2D eigenvalue weighted by Gasteiger charge is 2.36. The van der Waals surface area contributed by atoms with Crippen LogP contribution in [0.25, 0.3) is 6.08 Å². The van der Waals surface area contributed by atoms with E-state index in [1.165, 1.54) is 11.1 Å². The van der Waals surface area contributed by atoms with Crippen molar-refractivity contribution in [2.24, 2.45) is 5.92 Å². The molecule has 2 aliphatic carbocycles. The van der Waals surface area contributed by atoms with Crippen molar-refractivity contribution < 1.29 is 5.11 Å². The maximum atomic E-state index is 9.80. The molecule has 3 unspecified atom stereocenters. The summed E-state index contributed by atoms with van der Waals surface area (Å²) in [7, 11) is 0. The van der Waals surface area contributed by atoms with Gasteiger partial charge in [-0.15, -0.1) is 0 Å². The quantitative estimate of drug-likeness (QED) is 0.660.